The van der Waals surface area contributed by atoms with Crippen molar-refractivity contribution >= 4 is 11.8 Å². The van der Waals surface area contributed by atoms with Gasteiger partial charge >= 0.3 is 0 Å². The van der Waals surface area contributed by atoms with Crippen LogP contribution in [0.1, 0.15) is 47.0 Å². The summed E-state index contributed by atoms with van der Waals surface area (Å²) in [6.07, 6.45) is 2.25. The fourth-order valence-corrected chi connectivity index (χ4v) is 2.35. The number of likely N-dealkylation sites (tertiary alicyclic amines) is 1. The second-order valence-electron chi connectivity index (χ2n) is 6.53. The Labute approximate surface area is 122 Å². The van der Waals surface area contributed by atoms with Crippen LogP contribution in [0.4, 0.5) is 0 Å². The van der Waals surface area contributed by atoms with Gasteiger partial charge in [-0.15, -0.1) is 0 Å². The minimum Gasteiger partial charge on any atom is -0.352 e. The van der Waals surface area contributed by atoms with Gasteiger partial charge in [0.05, 0.1) is 6.04 Å². The van der Waals surface area contributed by atoms with Crippen molar-refractivity contribution < 1.29 is 9.59 Å². The van der Waals surface area contributed by atoms with Crippen molar-refractivity contribution in [3.8, 4) is 0 Å². The SMILES string of the molecule is CC(C)CC(=O)N1CCC(NC(=O)[C@@H](N)C(C)C)CC1. The Morgan fingerprint density at radius 3 is 2.20 bits per heavy atom. The lowest BCUT2D eigenvalue weighted by Gasteiger charge is -2.33. The number of hydrogen-bond acceptors (Lipinski definition) is 3. The lowest BCUT2D eigenvalue weighted by molar-refractivity contribution is -0.133. The maximum Gasteiger partial charge on any atom is 0.237 e. The van der Waals surface area contributed by atoms with Gasteiger partial charge in [0.15, 0.2) is 0 Å². The van der Waals surface area contributed by atoms with Gasteiger partial charge in [0.1, 0.15) is 0 Å². The second-order valence-corrected chi connectivity index (χ2v) is 6.53. The highest BCUT2D eigenvalue weighted by atomic mass is 16.2. The van der Waals surface area contributed by atoms with Gasteiger partial charge in [0.2, 0.25) is 11.8 Å². The zero-order chi connectivity index (χ0) is 15.3. The van der Waals surface area contributed by atoms with Crippen LogP contribution in [-0.4, -0.2) is 41.9 Å². The van der Waals surface area contributed by atoms with E-state index in [1.807, 2.05) is 18.7 Å². The van der Waals surface area contributed by atoms with Crippen molar-refractivity contribution in [2.75, 3.05) is 13.1 Å². The number of amides is 2. The maximum absolute atomic E-state index is 12.0. The van der Waals surface area contributed by atoms with Crippen LogP contribution in [0.2, 0.25) is 0 Å². The smallest absolute Gasteiger partial charge is 0.237 e. The van der Waals surface area contributed by atoms with Gasteiger partial charge in [-0.3, -0.25) is 9.59 Å². The molecule has 3 N–H and O–H groups in total. The molecule has 0 unspecified atom stereocenters. The van der Waals surface area contributed by atoms with Crippen LogP contribution in [0.25, 0.3) is 0 Å². The third kappa shape index (κ3) is 5.12. The van der Waals surface area contributed by atoms with Gasteiger partial charge < -0.3 is 16.0 Å². The number of carbonyl (C=O) groups excluding carboxylic acids is 2. The minimum absolute atomic E-state index is 0.0769. The first kappa shape index (κ1) is 17.0. The van der Waals surface area contributed by atoms with Crippen molar-refractivity contribution in [3.63, 3.8) is 0 Å². The summed E-state index contributed by atoms with van der Waals surface area (Å²) < 4.78 is 0. The molecule has 1 atom stereocenters. The molecule has 1 aliphatic heterocycles. The van der Waals surface area contributed by atoms with E-state index in [-0.39, 0.29) is 23.8 Å². The Morgan fingerprint density at radius 1 is 1.20 bits per heavy atom. The molecule has 20 heavy (non-hydrogen) atoms. The second kappa shape index (κ2) is 7.62. The summed E-state index contributed by atoms with van der Waals surface area (Å²) in [6, 6.07) is -0.300. The summed E-state index contributed by atoms with van der Waals surface area (Å²) in [6.45, 7) is 9.45. The quantitative estimate of drug-likeness (QED) is 0.794. The Balaban J connectivity index is 2.35. The van der Waals surface area contributed by atoms with Crippen LogP contribution >= 0.6 is 0 Å². The van der Waals surface area contributed by atoms with E-state index < -0.39 is 6.04 Å². The number of carbonyl (C=O) groups is 2. The predicted molar refractivity (Wildman–Crippen MR) is 80.0 cm³/mol. The zero-order valence-corrected chi connectivity index (χ0v) is 13.2. The van der Waals surface area contributed by atoms with Crippen molar-refractivity contribution in [1.82, 2.24) is 10.2 Å². The number of hydrogen-bond donors (Lipinski definition) is 2. The molecule has 0 aliphatic carbocycles. The largest absolute Gasteiger partial charge is 0.352 e. The summed E-state index contributed by atoms with van der Waals surface area (Å²) >= 11 is 0. The average Bonchev–Trinajstić information content (AvgIpc) is 2.37. The molecular weight excluding hydrogens is 254 g/mol. The summed E-state index contributed by atoms with van der Waals surface area (Å²) in [7, 11) is 0. The van der Waals surface area contributed by atoms with E-state index in [0.717, 1.165) is 25.9 Å². The number of piperidine rings is 1. The molecule has 0 aromatic carbocycles. The van der Waals surface area contributed by atoms with E-state index in [0.29, 0.717) is 12.3 Å². The normalized spacial score (nSPS) is 18.4. The first-order valence-electron chi connectivity index (χ1n) is 7.65. The van der Waals surface area contributed by atoms with Gasteiger partial charge in [-0.1, -0.05) is 27.7 Å². The third-order valence-electron chi connectivity index (χ3n) is 3.80. The molecule has 5 nitrogen and oxygen atoms in total. The molecule has 1 fully saturated rings. The zero-order valence-electron chi connectivity index (χ0n) is 13.2. The van der Waals surface area contributed by atoms with Crippen molar-refractivity contribution in [3.05, 3.63) is 0 Å². The van der Waals surface area contributed by atoms with E-state index >= 15 is 0 Å². The third-order valence-corrected chi connectivity index (χ3v) is 3.80. The highest BCUT2D eigenvalue weighted by Crippen LogP contribution is 2.14. The molecule has 116 valence electrons. The predicted octanol–water partition coefficient (Wildman–Crippen LogP) is 1.12. The standard InChI is InChI=1S/C15H29N3O2/c1-10(2)9-13(19)18-7-5-12(6-8-18)17-15(20)14(16)11(3)4/h10-12,14H,5-9,16H2,1-4H3,(H,17,20)/t14-/m0/s1. The van der Waals surface area contributed by atoms with E-state index in [9.17, 15) is 9.59 Å². The number of nitrogens with two attached hydrogens (primary N) is 1. The molecule has 0 spiro atoms. The maximum atomic E-state index is 12.0. The van der Waals surface area contributed by atoms with Gasteiger partial charge in [-0.25, -0.2) is 0 Å². The molecule has 0 radical (unpaired) electrons. The molecular formula is C15H29N3O2. The topological polar surface area (TPSA) is 75.4 Å². The molecule has 0 aromatic rings. The molecule has 0 bridgehead atoms. The summed E-state index contributed by atoms with van der Waals surface area (Å²) in [4.78, 5) is 25.8. The van der Waals surface area contributed by atoms with E-state index in [1.165, 1.54) is 0 Å². The van der Waals surface area contributed by atoms with Crippen LogP contribution in [0.3, 0.4) is 0 Å². The Bertz CT molecular complexity index is 334. The molecule has 1 saturated heterocycles. The van der Waals surface area contributed by atoms with Gasteiger partial charge in [0, 0.05) is 25.6 Å². The lowest BCUT2D eigenvalue weighted by Crippen LogP contribution is -2.51. The Kier molecular flexibility index (Phi) is 6.46. The minimum atomic E-state index is -0.449. The highest BCUT2D eigenvalue weighted by molar-refractivity contribution is 5.82. The average molecular weight is 283 g/mol. The Morgan fingerprint density at radius 2 is 1.75 bits per heavy atom. The fraction of sp³-hybridized carbons (Fsp3) is 0.867. The molecule has 1 rings (SSSR count). The van der Waals surface area contributed by atoms with Crippen LogP contribution in [0.15, 0.2) is 0 Å². The Hall–Kier alpha value is -1.10. The van der Waals surface area contributed by atoms with Crippen LogP contribution in [0.5, 0.6) is 0 Å². The first-order valence-corrected chi connectivity index (χ1v) is 7.65. The summed E-state index contributed by atoms with van der Waals surface area (Å²) in [5.74, 6) is 0.683. The number of nitrogens with zero attached hydrogens (tertiary/aromatic N) is 1. The van der Waals surface area contributed by atoms with Crippen LogP contribution in [0, 0.1) is 11.8 Å². The van der Waals surface area contributed by atoms with E-state index in [4.69, 9.17) is 5.73 Å². The van der Waals surface area contributed by atoms with Gasteiger partial charge in [0.25, 0.3) is 0 Å². The van der Waals surface area contributed by atoms with Crippen molar-refractivity contribution in [2.45, 2.75) is 59.0 Å². The summed E-state index contributed by atoms with van der Waals surface area (Å²) in [5, 5.41) is 3.00. The first-order chi connectivity index (χ1) is 9.31. The lowest BCUT2D eigenvalue weighted by atomic mass is 10.0. The summed E-state index contributed by atoms with van der Waals surface area (Å²) in [5.41, 5.74) is 5.83. The van der Waals surface area contributed by atoms with Crippen LogP contribution in [-0.2, 0) is 9.59 Å². The molecule has 1 aliphatic rings. The fourth-order valence-electron chi connectivity index (χ4n) is 2.35. The van der Waals surface area contributed by atoms with E-state index in [1.54, 1.807) is 0 Å². The molecule has 0 saturated carbocycles. The number of rotatable bonds is 5. The monoisotopic (exact) mass is 283 g/mol. The number of nitrogens with one attached hydrogen (secondary N) is 1. The molecule has 2 amide bonds. The van der Waals surface area contributed by atoms with Crippen molar-refractivity contribution in [1.29, 1.82) is 0 Å². The van der Waals surface area contributed by atoms with Gasteiger partial charge in [-0.05, 0) is 24.7 Å². The molecule has 5 heteroatoms. The van der Waals surface area contributed by atoms with Gasteiger partial charge in [-0.2, -0.15) is 0 Å². The van der Waals surface area contributed by atoms with Crippen LogP contribution < -0.4 is 11.1 Å². The highest BCUT2D eigenvalue weighted by Gasteiger charge is 2.26. The van der Waals surface area contributed by atoms with E-state index in [2.05, 4.69) is 19.2 Å². The molecule has 0 aromatic heterocycles. The molecule has 1 heterocycles. The van der Waals surface area contributed by atoms with Crippen molar-refractivity contribution in [2.24, 2.45) is 17.6 Å².